The Hall–Kier alpha value is -2.29. The van der Waals surface area contributed by atoms with Crippen LogP contribution >= 0.6 is 0 Å². The van der Waals surface area contributed by atoms with Crippen LogP contribution in [-0.4, -0.2) is 15.0 Å². The highest BCUT2D eigenvalue weighted by Gasteiger charge is 2.10. The molecule has 0 aromatic carbocycles. The highest BCUT2D eigenvalue weighted by atomic mass is 14.9. The van der Waals surface area contributed by atoms with Crippen molar-refractivity contribution in [2.24, 2.45) is 0 Å². The molecule has 17 heavy (non-hydrogen) atoms. The number of rotatable bonds is 2. The van der Waals surface area contributed by atoms with E-state index in [4.69, 9.17) is 0 Å². The van der Waals surface area contributed by atoms with Crippen LogP contribution in [0.4, 0.5) is 0 Å². The third-order valence-electron chi connectivity index (χ3n) is 2.71. The van der Waals surface area contributed by atoms with Gasteiger partial charge in [-0.25, -0.2) is 9.97 Å². The molecule has 3 heteroatoms. The van der Waals surface area contributed by atoms with Gasteiger partial charge in [0.15, 0.2) is 5.82 Å². The van der Waals surface area contributed by atoms with Gasteiger partial charge in [-0.1, -0.05) is 24.3 Å². The lowest BCUT2D eigenvalue weighted by molar-refractivity contribution is 0.980. The molecule has 0 spiro atoms. The highest BCUT2D eigenvalue weighted by molar-refractivity contribution is 5.53. The van der Waals surface area contributed by atoms with E-state index in [0.717, 1.165) is 17.1 Å². The molecule has 0 unspecified atom stereocenters. The smallest absolute Gasteiger partial charge is 0.159 e. The maximum Gasteiger partial charge on any atom is 0.159 e. The summed E-state index contributed by atoms with van der Waals surface area (Å²) in [6.07, 6.45) is 13.6. The molecule has 0 saturated carbocycles. The van der Waals surface area contributed by atoms with Crippen molar-refractivity contribution in [3.05, 3.63) is 66.8 Å². The van der Waals surface area contributed by atoms with Gasteiger partial charge in [-0.3, -0.25) is 4.98 Å². The zero-order chi connectivity index (χ0) is 11.5. The fraction of sp³-hybridized carbons (Fsp3) is 0.0714. The Balaban J connectivity index is 2.00. The van der Waals surface area contributed by atoms with Crippen LogP contribution in [0, 0.1) is 0 Å². The molecular weight excluding hydrogens is 210 g/mol. The first-order valence-corrected chi connectivity index (χ1v) is 5.52. The molecule has 0 atom stereocenters. The molecule has 2 aromatic rings. The molecule has 0 amide bonds. The lowest BCUT2D eigenvalue weighted by atomic mass is 10.1. The highest BCUT2D eigenvalue weighted by Crippen LogP contribution is 2.22. The molecule has 0 saturated heterocycles. The van der Waals surface area contributed by atoms with Crippen molar-refractivity contribution in [3.8, 4) is 11.4 Å². The molecule has 82 valence electrons. The normalized spacial score (nSPS) is 14.4. The lowest BCUT2D eigenvalue weighted by Crippen LogP contribution is -1.97. The minimum absolute atomic E-state index is 0.276. The van der Waals surface area contributed by atoms with Gasteiger partial charge in [-0.05, 0) is 18.2 Å². The summed E-state index contributed by atoms with van der Waals surface area (Å²) in [5.41, 5.74) is 2.02. The van der Waals surface area contributed by atoms with Crippen LogP contribution in [-0.2, 0) is 0 Å². The van der Waals surface area contributed by atoms with Crippen molar-refractivity contribution in [1.82, 2.24) is 15.0 Å². The number of allylic oxidation sites excluding steroid dienone is 4. The van der Waals surface area contributed by atoms with E-state index in [2.05, 4.69) is 27.1 Å². The van der Waals surface area contributed by atoms with E-state index in [1.165, 1.54) is 0 Å². The van der Waals surface area contributed by atoms with E-state index < -0.39 is 0 Å². The molecule has 0 radical (unpaired) electrons. The minimum Gasteiger partial charge on any atom is -0.265 e. The van der Waals surface area contributed by atoms with E-state index in [-0.39, 0.29) is 5.92 Å². The molecule has 2 heterocycles. The summed E-state index contributed by atoms with van der Waals surface area (Å²) in [6, 6.07) is 5.79. The van der Waals surface area contributed by atoms with E-state index in [9.17, 15) is 0 Å². The first-order chi connectivity index (χ1) is 8.43. The van der Waals surface area contributed by atoms with Crippen LogP contribution in [0.25, 0.3) is 11.4 Å². The average Bonchev–Trinajstić information content (AvgIpc) is 2.94. The van der Waals surface area contributed by atoms with Crippen LogP contribution < -0.4 is 0 Å². The van der Waals surface area contributed by atoms with Gasteiger partial charge in [-0.2, -0.15) is 0 Å². The zero-order valence-corrected chi connectivity index (χ0v) is 9.19. The van der Waals surface area contributed by atoms with E-state index in [1.54, 1.807) is 18.6 Å². The van der Waals surface area contributed by atoms with Crippen molar-refractivity contribution in [2.45, 2.75) is 5.92 Å². The quantitative estimate of drug-likeness (QED) is 0.782. The van der Waals surface area contributed by atoms with Gasteiger partial charge < -0.3 is 0 Å². The summed E-state index contributed by atoms with van der Waals surface area (Å²) in [6.45, 7) is 0. The monoisotopic (exact) mass is 221 g/mol. The van der Waals surface area contributed by atoms with Crippen molar-refractivity contribution in [2.75, 3.05) is 0 Å². The molecular formula is C14H11N3. The fourth-order valence-corrected chi connectivity index (χ4v) is 1.83. The van der Waals surface area contributed by atoms with E-state index in [0.29, 0.717) is 0 Å². The van der Waals surface area contributed by atoms with Crippen molar-refractivity contribution < 1.29 is 0 Å². The Bertz CT molecular complexity index is 561. The zero-order valence-electron chi connectivity index (χ0n) is 9.19. The number of hydrogen-bond donors (Lipinski definition) is 0. The second-order valence-corrected chi connectivity index (χ2v) is 3.84. The van der Waals surface area contributed by atoms with Gasteiger partial charge in [0.1, 0.15) is 0 Å². The Kier molecular flexibility index (Phi) is 2.50. The molecule has 0 fully saturated rings. The van der Waals surface area contributed by atoms with Gasteiger partial charge in [0.2, 0.25) is 0 Å². The third-order valence-corrected chi connectivity index (χ3v) is 2.71. The number of hydrogen-bond acceptors (Lipinski definition) is 3. The predicted octanol–water partition coefficient (Wildman–Crippen LogP) is 2.75. The van der Waals surface area contributed by atoms with Gasteiger partial charge in [0.05, 0.1) is 5.69 Å². The standard InChI is InChI=1S/C14H11N3/c1-2-4-11(3-1)13-7-10-16-14(17-13)12-5-8-15-9-6-12/h1-11H. The average molecular weight is 221 g/mol. The summed E-state index contributed by atoms with van der Waals surface area (Å²) in [5, 5.41) is 0. The molecule has 3 nitrogen and oxygen atoms in total. The third kappa shape index (κ3) is 1.99. The van der Waals surface area contributed by atoms with Crippen molar-refractivity contribution >= 4 is 0 Å². The molecule has 1 aliphatic carbocycles. The van der Waals surface area contributed by atoms with Gasteiger partial charge >= 0.3 is 0 Å². The molecule has 3 rings (SSSR count). The van der Waals surface area contributed by atoms with Crippen LogP contribution in [0.15, 0.2) is 61.1 Å². The predicted molar refractivity (Wildman–Crippen MR) is 66.3 cm³/mol. The van der Waals surface area contributed by atoms with E-state index in [1.807, 2.05) is 30.4 Å². The Morgan fingerprint density at radius 3 is 2.41 bits per heavy atom. The van der Waals surface area contributed by atoms with Gasteiger partial charge in [-0.15, -0.1) is 0 Å². The van der Waals surface area contributed by atoms with Crippen molar-refractivity contribution in [1.29, 1.82) is 0 Å². The Labute approximate surface area is 99.6 Å². The summed E-state index contributed by atoms with van der Waals surface area (Å²) in [4.78, 5) is 12.9. The lowest BCUT2D eigenvalue weighted by Gasteiger charge is -2.06. The fourth-order valence-electron chi connectivity index (χ4n) is 1.83. The number of aromatic nitrogens is 3. The van der Waals surface area contributed by atoms with Crippen molar-refractivity contribution in [3.63, 3.8) is 0 Å². The second kappa shape index (κ2) is 4.29. The molecule has 0 aliphatic heterocycles. The SMILES string of the molecule is C1=CC(c2ccnc(-c3ccncc3)n2)C=C1. The summed E-state index contributed by atoms with van der Waals surface area (Å²) in [7, 11) is 0. The van der Waals surface area contributed by atoms with Crippen LogP contribution in [0.1, 0.15) is 11.6 Å². The molecule has 0 bridgehead atoms. The summed E-state index contributed by atoms with van der Waals surface area (Å²) < 4.78 is 0. The number of nitrogens with zero attached hydrogens (tertiary/aromatic N) is 3. The van der Waals surface area contributed by atoms with Crippen LogP contribution in [0.2, 0.25) is 0 Å². The maximum atomic E-state index is 4.58. The molecule has 1 aliphatic rings. The largest absolute Gasteiger partial charge is 0.265 e. The second-order valence-electron chi connectivity index (χ2n) is 3.84. The van der Waals surface area contributed by atoms with Gasteiger partial charge in [0, 0.05) is 30.1 Å². The number of pyridine rings is 1. The van der Waals surface area contributed by atoms with Gasteiger partial charge in [0.25, 0.3) is 0 Å². The molecule has 0 N–H and O–H groups in total. The molecule has 2 aromatic heterocycles. The summed E-state index contributed by atoms with van der Waals surface area (Å²) >= 11 is 0. The van der Waals surface area contributed by atoms with E-state index >= 15 is 0 Å². The van der Waals surface area contributed by atoms with Crippen LogP contribution in [0.3, 0.4) is 0 Å². The maximum absolute atomic E-state index is 4.58. The Morgan fingerprint density at radius 1 is 0.882 bits per heavy atom. The first-order valence-electron chi connectivity index (χ1n) is 5.52. The summed E-state index contributed by atoms with van der Waals surface area (Å²) in [5.74, 6) is 1.03. The minimum atomic E-state index is 0.276. The first kappa shape index (κ1) is 9.90. The van der Waals surface area contributed by atoms with Crippen LogP contribution in [0.5, 0.6) is 0 Å². The Morgan fingerprint density at radius 2 is 1.65 bits per heavy atom. The topological polar surface area (TPSA) is 38.7 Å².